The molecule has 5 nitrogen and oxygen atoms in total. The molecule has 6 heteroatoms. The van der Waals surface area contributed by atoms with Gasteiger partial charge in [0.1, 0.15) is 0 Å². The molecule has 1 amide bonds. The predicted octanol–water partition coefficient (Wildman–Crippen LogP) is 0.972. The van der Waals surface area contributed by atoms with Gasteiger partial charge in [0.25, 0.3) is 0 Å². The summed E-state index contributed by atoms with van der Waals surface area (Å²) in [7, 11) is 0. The first-order valence-corrected chi connectivity index (χ1v) is 8.16. The Hall–Kier alpha value is -0.720. The molecule has 1 heterocycles. The lowest BCUT2D eigenvalue weighted by molar-refractivity contribution is -0.128. The van der Waals surface area contributed by atoms with E-state index in [0.717, 1.165) is 32.6 Å². The number of rotatable bonds is 5. The topological polar surface area (TPSA) is 61.6 Å². The molecular formula is C15H30N4OS. The zero-order valence-electron chi connectivity index (χ0n) is 14.0. The van der Waals surface area contributed by atoms with Gasteiger partial charge in [-0.1, -0.05) is 19.1 Å². The van der Waals surface area contributed by atoms with E-state index in [-0.39, 0.29) is 23.5 Å². The average molecular weight is 314 g/mol. The Morgan fingerprint density at radius 3 is 2.10 bits per heavy atom. The standard InChI is InChI=1S/C15H30N4OS/c1-6-12(13(16)21)19-9-7-18(8-10-19)11(2)14(20)17-15(3,4)5/h11-12H,6-10H2,1-5H3,(H2,16,21)(H,17,20). The molecule has 0 spiro atoms. The van der Waals surface area contributed by atoms with E-state index < -0.39 is 0 Å². The second-order valence-electron chi connectivity index (χ2n) is 6.81. The highest BCUT2D eigenvalue weighted by Crippen LogP contribution is 2.13. The number of piperazine rings is 1. The number of nitrogens with two attached hydrogens (primary N) is 1. The Kier molecular flexibility index (Phi) is 6.56. The number of nitrogens with zero attached hydrogens (tertiary/aromatic N) is 2. The van der Waals surface area contributed by atoms with E-state index in [1.807, 2.05) is 27.7 Å². The number of nitrogens with one attached hydrogen (secondary N) is 1. The molecule has 1 rings (SSSR count). The van der Waals surface area contributed by atoms with E-state index >= 15 is 0 Å². The Labute approximate surface area is 134 Å². The van der Waals surface area contributed by atoms with Crippen molar-refractivity contribution in [1.29, 1.82) is 0 Å². The lowest BCUT2D eigenvalue weighted by atomic mass is 10.1. The van der Waals surface area contributed by atoms with Gasteiger partial charge in [-0.3, -0.25) is 14.6 Å². The molecule has 1 fully saturated rings. The van der Waals surface area contributed by atoms with Crippen LogP contribution in [0, 0.1) is 0 Å². The summed E-state index contributed by atoms with van der Waals surface area (Å²) in [5.41, 5.74) is 5.61. The van der Waals surface area contributed by atoms with Crippen molar-refractivity contribution in [3.8, 4) is 0 Å². The van der Waals surface area contributed by atoms with Crippen LogP contribution in [-0.4, -0.2) is 64.5 Å². The summed E-state index contributed by atoms with van der Waals surface area (Å²) in [6.45, 7) is 13.6. The van der Waals surface area contributed by atoms with Gasteiger partial charge in [0.15, 0.2) is 0 Å². The summed E-state index contributed by atoms with van der Waals surface area (Å²) >= 11 is 5.14. The van der Waals surface area contributed by atoms with Crippen LogP contribution >= 0.6 is 12.2 Å². The second-order valence-corrected chi connectivity index (χ2v) is 7.28. The number of carbonyl (C=O) groups is 1. The van der Waals surface area contributed by atoms with Gasteiger partial charge in [0.2, 0.25) is 5.91 Å². The highest BCUT2D eigenvalue weighted by atomic mass is 32.1. The van der Waals surface area contributed by atoms with Gasteiger partial charge in [-0.15, -0.1) is 0 Å². The van der Waals surface area contributed by atoms with Gasteiger partial charge >= 0.3 is 0 Å². The Balaban J connectivity index is 2.52. The smallest absolute Gasteiger partial charge is 0.237 e. The zero-order chi connectivity index (χ0) is 16.2. The van der Waals surface area contributed by atoms with E-state index in [0.29, 0.717) is 4.99 Å². The lowest BCUT2D eigenvalue weighted by Crippen LogP contribution is -2.58. The van der Waals surface area contributed by atoms with Crippen LogP contribution in [0.1, 0.15) is 41.0 Å². The molecule has 0 aromatic carbocycles. The summed E-state index contributed by atoms with van der Waals surface area (Å²) < 4.78 is 0. The van der Waals surface area contributed by atoms with E-state index in [4.69, 9.17) is 18.0 Å². The SMILES string of the molecule is CCC(C(N)=S)N1CCN(C(C)C(=O)NC(C)(C)C)CC1. The summed E-state index contributed by atoms with van der Waals surface area (Å²) in [5.74, 6) is 0.0948. The van der Waals surface area contributed by atoms with Crippen molar-refractivity contribution in [3.63, 3.8) is 0 Å². The highest BCUT2D eigenvalue weighted by Gasteiger charge is 2.30. The van der Waals surface area contributed by atoms with Crippen LogP contribution in [0.2, 0.25) is 0 Å². The first-order chi connectivity index (χ1) is 9.65. The maximum absolute atomic E-state index is 12.2. The minimum atomic E-state index is -0.188. The first kappa shape index (κ1) is 18.3. The van der Waals surface area contributed by atoms with E-state index in [1.165, 1.54) is 0 Å². The molecule has 122 valence electrons. The van der Waals surface area contributed by atoms with Crippen molar-refractivity contribution in [2.75, 3.05) is 26.2 Å². The van der Waals surface area contributed by atoms with E-state index in [9.17, 15) is 4.79 Å². The first-order valence-electron chi connectivity index (χ1n) is 7.75. The normalized spacial score (nSPS) is 20.8. The third kappa shape index (κ3) is 5.52. The zero-order valence-corrected chi connectivity index (χ0v) is 14.8. The molecular weight excluding hydrogens is 284 g/mol. The fraction of sp³-hybridized carbons (Fsp3) is 0.867. The molecule has 0 bridgehead atoms. The minimum Gasteiger partial charge on any atom is -0.392 e. The van der Waals surface area contributed by atoms with Crippen LogP contribution in [0.3, 0.4) is 0 Å². The van der Waals surface area contributed by atoms with Crippen molar-refractivity contribution < 1.29 is 4.79 Å². The maximum Gasteiger partial charge on any atom is 0.237 e. The number of thiocarbonyl (C=S) groups is 1. The van der Waals surface area contributed by atoms with Gasteiger partial charge in [0.05, 0.1) is 17.1 Å². The lowest BCUT2D eigenvalue weighted by Gasteiger charge is -2.41. The Morgan fingerprint density at radius 1 is 1.24 bits per heavy atom. The van der Waals surface area contributed by atoms with Crippen LogP contribution in [0.25, 0.3) is 0 Å². The second kappa shape index (κ2) is 7.51. The Bertz CT molecular complexity index is 372. The molecule has 0 radical (unpaired) electrons. The van der Waals surface area contributed by atoms with E-state index in [2.05, 4.69) is 22.0 Å². The molecule has 1 aliphatic rings. The van der Waals surface area contributed by atoms with Gasteiger partial charge < -0.3 is 11.1 Å². The number of hydrogen-bond donors (Lipinski definition) is 2. The molecule has 0 saturated carbocycles. The van der Waals surface area contributed by atoms with Crippen LogP contribution in [0.5, 0.6) is 0 Å². The molecule has 1 aliphatic heterocycles. The van der Waals surface area contributed by atoms with Crippen molar-refractivity contribution in [2.24, 2.45) is 5.73 Å². The molecule has 2 atom stereocenters. The van der Waals surface area contributed by atoms with Crippen molar-refractivity contribution >= 4 is 23.1 Å². The summed E-state index contributed by atoms with van der Waals surface area (Å²) in [6, 6.07) is 0.0807. The number of carbonyl (C=O) groups excluding carboxylic acids is 1. The van der Waals surface area contributed by atoms with Gasteiger partial charge in [-0.25, -0.2) is 0 Å². The highest BCUT2D eigenvalue weighted by molar-refractivity contribution is 7.80. The fourth-order valence-electron chi connectivity index (χ4n) is 2.72. The van der Waals surface area contributed by atoms with Crippen LogP contribution in [-0.2, 0) is 4.79 Å². The van der Waals surface area contributed by atoms with Crippen molar-refractivity contribution in [3.05, 3.63) is 0 Å². The molecule has 0 aromatic heterocycles. The predicted molar refractivity (Wildman–Crippen MR) is 91.4 cm³/mol. The fourth-order valence-corrected chi connectivity index (χ4v) is 3.03. The van der Waals surface area contributed by atoms with Crippen LogP contribution in [0.4, 0.5) is 0 Å². The monoisotopic (exact) mass is 314 g/mol. The van der Waals surface area contributed by atoms with Crippen LogP contribution in [0.15, 0.2) is 0 Å². The number of amides is 1. The van der Waals surface area contributed by atoms with Crippen LogP contribution < -0.4 is 11.1 Å². The van der Waals surface area contributed by atoms with Crippen molar-refractivity contribution in [2.45, 2.75) is 58.7 Å². The third-order valence-electron chi connectivity index (χ3n) is 3.93. The Morgan fingerprint density at radius 2 is 1.71 bits per heavy atom. The molecule has 0 aromatic rings. The molecule has 21 heavy (non-hydrogen) atoms. The van der Waals surface area contributed by atoms with Crippen molar-refractivity contribution in [1.82, 2.24) is 15.1 Å². The quantitative estimate of drug-likeness (QED) is 0.741. The summed E-state index contributed by atoms with van der Waals surface area (Å²) in [4.78, 5) is 17.4. The minimum absolute atomic E-state index is 0.0948. The van der Waals surface area contributed by atoms with Gasteiger partial charge in [-0.2, -0.15) is 0 Å². The number of hydrogen-bond acceptors (Lipinski definition) is 4. The average Bonchev–Trinajstić information content (AvgIpc) is 2.37. The maximum atomic E-state index is 12.2. The molecule has 1 saturated heterocycles. The molecule has 2 unspecified atom stereocenters. The third-order valence-corrected chi connectivity index (χ3v) is 4.20. The molecule has 3 N–H and O–H groups in total. The largest absolute Gasteiger partial charge is 0.392 e. The van der Waals surface area contributed by atoms with Gasteiger partial charge in [-0.05, 0) is 34.1 Å². The molecule has 0 aliphatic carbocycles. The van der Waals surface area contributed by atoms with Gasteiger partial charge in [0, 0.05) is 31.7 Å². The van der Waals surface area contributed by atoms with E-state index in [1.54, 1.807) is 0 Å². The summed E-state index contributed by atoms with van der Waals surface area (Å²) in [6.07, 6.45) is 0.940. The summed E-state index contributed by atoms with van der Waals surface area (Å²) in [5, 5.41) is 3.04.